The maximum atomic E-state index is 12.8. The van der Waals surface area contributed by atoms with E-state index in [4.69, 9.17) is 11.6 Å². The number of nitrogens with zero attached hydrogens (tertiary/aromatic N) is 3. The molecule has 0 saturated heterocycles. The first kappa shape index (κ1) is 18.7. The van der Waals surface area contributed by atoms with E-state index in [-0.39, 0.29) is 29.3 Å². The highest BCUT2D eigenvalue weighted by Gasteiger charge is 2.33. The number of aromatic nitrogens is 2. The summed E-state index contributed by atoms with van der Waals surface area (Å²) in [5.74, 6) is -0.684. The number of aryl methyl sites for hydroxylation is 1. The fourth-order valence-electron chi connectivity index (χ4n) is 2.26. The maximum Gasteiger partial charge on any atom is 0.417 e. The quantitative estimate of drug-likeness (QED) is 0.650. The first-order chi connectivity index (χ1) is 11.5. The van der Waals surface area contributed by atoms with Gasteiger partial charge in [0.1, 0.15) is 17.9 Å². The Kier molecular flexibility index (Phi) is 5.02. The molecule has 0 radical (unpaired) electrons. The molecule has 0 unspecified atom stereocenters. The Bertz CT molecular complexity index is 849. The normalized spacial score (nSPS) is 11.4. The summed E-state index contributed by atoms with van der Waals surface area (Å²) >= 11 is 5.51. The lowest BCUT2D eigenvalue weighted by atomic mass is 10.2. The van der Waals surface area contributed by atoms with Crippen LogP contribution in [0.5, 0.6) is 0 Å². The van der Waals surface area contributed by atoms with Crippen molar-refractivity contribution in [3.8, 4) is 0 Å². The lowest BCUT2D eigenvalue weighted by Crippen LogP contribution is -2.20. The van der Waals surface area contributed by atoms with Gasteiger partial charge in [-0.05, 0) is 32.0 Å². The van der Waals surface area contributed by atoms with E-state index >= 15 is 0 Å². The van der Waals surface area contributed by atoms with Gasteiger partial charge in [0.2, 0.25) is 5.91 Å². The summed E-state index contributed by atoms with van der Waals surface area (Å²) in [5, 5.41) is 16.6. The van der Waals surface area contributed by atoms with E-state index in [1.54, 1.807) is 0 Å². The fraction of sp³-hybridized carbons (Fsp3) is 0.286. The molecule has 1 aromatic carbocycles. The van der Waals surface area contributed by atoms with E-state index in [0.29, 0.717) is 6.07 Å². The van der Waals surface area contributed by atoms with Crippen LogP contribution in [0.2, 0.25) is 5.02 Å². The summed E-state index contributed by atoms with van der Waals surface area (Å²) in [7, 11) is 0. The molecule has 2 aromatic rings. The van der Waals surface area contributed by atoms with Gasteiger partial charge in [0, 0.05) is 5.69 Å². The van der Waals surface area contributed by atoms with Crippen LogP contribution in [0.1, 0.15) is 17.0 Å². The van der Waals surface area contributed by atoms with Crippen LogP contribution in [-0.4, -0.2) is 20.6 Å². The molecule has 7 nitrogen and oxygen atoms in total. The number of amides is 1. The molecule has 0 spiro atoms. The number of benzene rings is 1. The Balaban J connectivity index is 2.19. The highest BCUT2D eigenvalue weighted by molar-refractivity contribution is 6.31. The molecule has 0 aliphatic rings. The van der Waals surface area contributed by atoms with E-state index < -0.39 is 27.6 Å². The van der Waals surface area contributed by atoms with Crippen LogP contribution in [0.3, 0.4) is 0 Å². The highest BCUT2D eigenvalue weighted by atomic mass is 35.5. The summed E-state index contributed by atoms with van der Waals surface area (Å²) in [6.07, 6.45) is -4.66. The number of nitrogens with one attached hydrogen (secondary N) is 1. The van der Waals surface area contributed by atoms with Gasteiger partial charge in [-0.15, -0.1) is 0 Å². The number of nitro groups is 1. The van der Waals surface area contributed by atoms with E-state index in [0.717, 1.165) is 10.7 Å². The van der Waals surface area contributed by atoms with Crippen molar-refractivity contribution in [2.45, 2.75) is 26.6 Å². The highest BCUT2D eigenvalue weighted by Crippen LogP contribution is 2.36. The van der Waals surface area contributed by atoms with Crippen LogP contribution in [-0.2, 0) is 17.5 Å². The van der Waals surface area contributed by atoms with Gasteiger partial charge in [-0.25, -0.2) is 0 Å². The van der Waals surface area contributed by atoms with Gasteiger partial charge in [0.25, 0.3) is 0 Å². The third-order valence-corrected chi connectivity index (χ3v) is 3.70. The zero-order valence-electron chi connectivity index (χ0n) is 13.0. The predicted octanol–water partition coefficient (Wildman–Crippen LogP) is 3.72. The van der Waals surface area contributed by atoms with Crippen LogP contribution in [0, 0.1) is 24.0 Å². The van der Waals surface area contributed by atoms with Crippen molar-refractivity contribution in [1.29, 1.82) is 0 Å². The van der Waals surface area contributed by atoms with Gasteiger partial charge in [0.15, 0.2) is 0 Å². The third kappa shape index (κ3) is 4.08. The van der Waals surface area contributed by atoms with E-state index in [2.05, 4.69) is 10.4 Å². The van der Waals surface area contributed by atoms with Crippen molar-refractivity contribution in [2.24, 2.45) is 0 Å². The van der Waals surface area contributed by atoms with Crippen molar-refractivity contribution in [1.82, 2.24) is 9.78 Å². The molecule has 0 bridgehead atoms. The van der Waals surface area contributed by atoms with Gasteiger partial charge < -0.3 is 5.32 Å². The predicted molar refractivity (Wildman–Crippen MR) is 83.4 cm³/mol. The van der Waals surface area contributed by atoms with E-state index in [1.165, 1.54) is 19.9 Å². The molecule has 0 aliphatic heterocycles. The summed E-state index contributed by atoms with van der Waals surface area (Å²) < 4.78 is 39.6. The molecule has 1 N–H and O–H groups in total. The van der Waals surface area contributed by atoms with Crippen molar-refractivity contribution < 1.29 is 22.9 Å². The second kappa shape index (κ2) is 6.71. The molecule has 1 amide bonds. The molecule has 0 atom stereocenters. The lowest BCUT2D eigenvalue weighted by Gasteiger charge is -2.12. The van der Waals surface area contributed by atoms with Crippen LogP contribution < -0.4 is 5.32 Å². The van der Waals surface area contributed by atoms with Crippen molar-refractivity contribution in [3.05, 3.63) is 50.3 Å². The third-order valence-electron chi connectivity index (χ3n) is 3.37. The minimum absolute atomic E-state index is 0.0993. The Labute approximate surface area is 144 Å². The largest absolute Gasteiger partial charge is 0.417 e. The zero-order valence-corrected chi connectivity index (χ0v) is 13.8. The molecule has 1 aromatic heterocycles. The number of anilines is 1. The number of hydrogen-bond acceptors (Lipinski definition) is 4. The summed E-state index contributed by atoms with van der Waals surface area (Å²) in [5.41, 5.74) is -1.07. The number of rotatable bonds is 4. The molecule has 25 heavy (non-hydrogen) atoms. The van der Waals surface area contributed by atoms with Gasteiger partial charge in [0.05, 0.1) is 15.5 Å². The number of carbonyl (C=O) groups is 1. The Hall–Kier alpha value is -2.62. The molecule has 134 valence electrons. The Morgan fingerprint density at radius 2 is 2.04 bits per heavy atom. The molecule has 1 heterocycles. The number of hydrogen-bond donors (Lipinski definition) is 1. The number of alkyl halides is 3. The molecular formula is C14H12ClF3N4O3. The van der Waals surface area contributed by atoms with Gasteiger partial charge >= 0.3 is 11.9 Å². The van der Waals surface area contributed by atoms with Crippen LogP contribution in [0.25, 0.3) is 0 Å². The van der Waals surface area contributed by atoms with Crippen LogP contribution in [0.4, 0.5) is 24.5 Å². The lowest BCUT2D eigenvalue weighted by molar-refractivity contribution is -0.386. The van der Waals surface area contributed by atoms with Crippen molar-refractivity contribution >= 4 is 28.9 Å². The van der Waals surface area contributed by atoms with Gasteiger partial charge in [-0.2, -0.15) is 18.3 Å². The average Bonchev–Trinajstić information content (AvgIpc) is 2.74. The van der Waals surface area contributed by atoms with E-state index in [9.17, 15) is 28.1 Å². The topological polar surface area (TPSA) is 90.1 Å². The first-order valence-electron chi connectivity index (χ1n) is 6.85. The Morgan fingerprint density at radius 3 is 2.56 bits per heavy atom. The minimum atomic E-state index is -4.66. The zero-order chi connectivity index (χ0) is 18.9. The number of halogens is 4. The monoisotopic (exact) mass is 376 g/mol. The second-order valence-electron chi connectivity index (χ2n) is 5.17. The molecule has 2 rings (SSSR count). The average molecular weight is 377 g/mol. The minimum Gasteiger partial charge on any atom is -0.324 e. The summed E-state index contributed by atoms with van der Waals surface area (Å²) in [6.45, 7) is 2.47. The second-order valence-corrected chi connectivity index (χ2v) is 5.58. The molecule has 11 heteroatoms. The van der Waals surface area contributed by atoms with Gasteiger partial charge in [-0.3, -0.25) is 19.6 Å². The molecule has 0 aliphatic carbocycles. The Morgan fingerprint density at radius 1 is 1.40 bits per heavy atom. The van der Waals surface area contributed by atoms with Crippen LogP contribution >= 0.6 is 11.6 Å². The fourth-order valence-corrected chi connectivity index (χ4v) is 2.49. The van der Waals surface area contributed by atoms with Gasteiger partial charge in [-0.1, -0.05) is 11.6 Å². The maximum absolute atomic E-state index is 12.8. The van der Waals surface area contributed by atoms with E-state index in [1.807, 2.05) is 0 Å². The standard InChI is InChI=1S/C14H12ClF3N4O3/c1-7-13(22(24)25)8(2)21(20-7)6-12(23)19-9-3-4-11(15)10(5-9)14(16,17)18/h3-5H,6H2,1-2H3,(H,19,23). The SMILES string of the molecule is Cc1nn(CC(=O)Nc2ccc(Cl)c(C(F)(F)F)c2)c(C)c1[N+](=O)[O-]. The van der Waals surface area contributed by atoms with Crippen LogP contribution in [0.15, 0.2) is 18.2 Å². The summed E-state index contributed by atoms with van der Waals surface area (Å²) in [6, 6.07) is 2.96. The van der Waals surface area contributed by atoms with Crippen molar-refractivity contribution in [2.75, 3.05) is 5.32 Å². The summed E-state index contributed by atoms with van der Waals surface area (Å²) in [4.78, 5) is 22.3. The number of carbonyl (C=O) groups excluding carboxylic acids is 1. The molecule has 0 fully saturated rings. The van der Waals surface area contributed by atoms with Crippen molar-refractivity contribution in [3.63, 3.8) is 0 Å². The molecule has 0 saturated carbocycles. The molecular weight excluding hydrogens is 365 g/mol. The smallest absolute Gasteiger partial charge is 0.324 e. The first-order valence-corrected chi connectivity index (χ1v) is 7.23.